The van der Waals surface area contributed by atoms with Crippen molar-refractivity contribution in [3.05, 3.63) is 69.4 Å². The summed E-state index contributed by atoms with van der Waals surface area (Å²) in [5.41, 5.74) is 1.35. The van der Waals surface area contributed by atoms with Gasteiger partial charge in [-0.2, -0.15) is 0 Å². The van der Waals surface area contributed by atoms with Crippen LogP contribution in [0.25, 0.3) is 6.08 Å². The molecule has 0 unspecified atom stereocenters. The molecule has 20 heavy (non-hydrogen) atoms. The van der Waals surface area contributed by atoms with Crippen LogP contribution >= 0.6 is 27.5 Å². The molecule has 0 saturated carbocycles. The SMILES string of the molecule is O=C(/C=C/c1ccc(F)cc1)Nc1ccc(Br)c(Cl)c1. The van der Waals surface area contributed by atoms with Gasteiger partial charge in [0.05, 0.1) is 5.02 Å². The van der Waals surface area contributed by atoms with E-state index in [0.29, 0.717) is 10.7 Å². The Hall–Kier alpha value is -1.65. The van der Waals surface area contributed by atoms with E-state index in [1.165, 1.54) is 18.2 Å². The van der Waals surface area contributed by atoms with Gasteiger partial charge in [-0.25, -0.2) is 4.39 Å². The average molecular weight is 355 g/mol. The monoisotopic (exact) mass is 353 g/mol. The van der Waals surface area contributed by atoms with Crippen LogP contribution in [0, 0.1) is 5.82 Å². The molecule has 1 N–H and O–H groups in total. The standard InChI is InChI=1S/C15H10BrClFNO/c16-13-7-6-12(9-14(13)17)19-15(20)8-3-10-1-4-11(18)5-2-10/h1-9H,(H,19,20)/b8-3+. The molecule has 0 saturated heterocycles. The van der Waals surface area contributed by atoms with E-state index in [4.69, 9.17) is 11.6 Å². The first-order chi connectivity index (χ1) is 9.54. The fourth-order valence-corrected chi connectivity index (χ4v) is 1.93. The number of benzene rings is 2. The molecular formula is C15H10BrClFNO. The number of rotatable bonds is 3. The van der Waals surface area contributed by atoms with E-state index in [9.17, 15) is 9.18 Å². The van der Waals surface area contributed by atoms with Gasteiger partial charge >= 0.3 is 0 Å². The lowest BCUT2D eigenvalue weighted by Gasteiger charge is -2.03. The molecule has 2 rings (SSSR count). The van der Waals surface area contributed by atoms with Gasteiger partial charge < -0.3 is 5.32 Å². The zero-order chi connectivity index (χ0) is 14.5. The number of halogens is 3. The zero-order valence-electron chi connectivity index (χ0n) is 10.2. The summed E-state index contributed by atoms with van der Waals surface area (Å²) in [6, 6.07) is 11.0. The van der Waals surface area contributed by atoms with Crippen molar-refractivity contribution in [2.75, 3.05) is 5.32 Å². The number of nitrogens with one attached hydrogen (secondary N) is 1. The molecule has 0 aromatic heterocycles. The maximum atomic E-state index is 12.7. The minimum atomic E-state index is -0.309. The van der Waals surface area contributed by atoms with Crippen LogP contribution in [-0.4, -0.2) is 5.91 Å². The summed E-state index contributed by atoms with van der Waals surface area (Å²) in [7, 11) is 0. The highest BCUT2D eigenvalue weighted by Crippen LogP contribution is 2.25. The number of hydrogen-bond acceptors (Lipinski definition) is 1. The summed E-state index contributed by atoms with van der Waals surface area (Å²) in [6.07, 6.45) is 2.98. The predicted molar refractivity (Wildman–Crippen MR) is 83.2 cm³/mol. The Bertz CT molecular complexity index is 655. The molecule has 0 aliphatic heterocycles. The molecule has 5 heteroatoms. The van der Waals surface area contributed by atoms with Crippen LogP contribution in [0.2, 0.25) is 5.02 Å². The molecule has 0 aliphatic carbocycles. The van der Waals surface area contributed by atoms with Crippen molar-refractivity contribution in [2.45, 2.75) is 0 Å². The van der Waals surface area contributed by atoms with E-state index < -0.39 is 0 Å². The van der Waals surface area contributed by atoms with E-state index in [0.717, 1.165) is 10.0 Å². The van der Waals surface area contributed by atoms with Crippen LogP contribution in [-0.2, 0) is 4.79 Å². The quantitative estimate of drug-likeness (QED) is 0.781. The highest BCUT2D eigenvalue weighted by atomic mass is 79.9. The summed E-state index contributed by atoms with van der Waals surface area (Å²) >= 11 is 9.21. The molecule has 0 radical (unpaired) electrons. The Balaban J connectivity index is 2.01. The number of hydrogen-bond donors (Lipinski definition) is 1. The first kappa shape index (κ1) is 14.8. The number of amides is 1. The van der Waals surface area contributed by atoms with Gasteiger partial charge in [0.15, 0.2) is 0 Å². The Morgan fingerprint density at radius 1 is 1.20 bits per heavy atom. The lowest BCUT2D eigenvalue weighted by atomic mass is 10.2. The smallest absolute Gasteiger partial charge is 0.248 e. The van der Waals surface area contributed by atoms with Gasteiger partial charge in [-0.05, 0) is 57.9 Å². The van der Waals surface area contributed by atoms with Crippen molar-refractivity contribution in [2.24, 2.45) is 0 Å². The Labute approximate surface area is 129 Å². The molecule has 102 valence electrons. The highest BCUT2D eigenvalue weighted by Gasteiger charge is 2.01. The Kier molecular flexibility index (Phi) is 4.93. The predicted octanol–water partition coefficient (Wildman–Crippen LogP) is 4.89. The number of carbonyl (C=O) groups excluding carboxylic acids is 1. The fraction of sp³-hybridized carbons (Fsp3) is 0. The molecule has 0 aliphatic rings. The van der Waals surface area contributed by atoms with E-state index in [1.807, 2.05) is 0 Å². The molecule has 0 fully saturated rings. The average Bonchev–Trinajstić information content (AvgIpc) is 2.42. The first-order valence-corrected chi connectivity index (χ1v) is 6.91. The molecule has 2 aromatic carbocycles. The Morgan fingerprint density at radius 3 is 2.55 bits per heavy atom. The lowest BCUT2D eigenvalue weighted by Crippen LogP contribution is -2.07. The van der Waals surface area contributed by atoms with Gasteiger partial charge in [0.2, 0.25) is 5.91 Å². The summed E-state index contributed by atoms with van der Waals surface area (Å²) < 4.78 is 13.5. The molecule has 0 atom stereocenters. The third-order valence-corrected chi connectivity index (χ3v) is 3.72. The van der Waals surface area contributed by atoms with Crippen LogP contribution in [0.1, 0.15) is 5.56 Å². The van der Waals surface area contributed by atoms with Crippen molar-refractivity contribution in [3.63, 3.8) is 0 Å². The van der Waals surface area contributed by atoms with Crippen molar-refractivity contribution in [1.29, 1.82) is 0 Å². The number of carbonyl (C=O) groups is 1. The topological polar surface area (TPSA) is 29.1 Å². The second-order valence-electron chi connectivity index (χ2n) is 4.00. The first-order valence-electron chi connectivity index (χ1n) is 5.74. The van der Waals surface area contributed by atoms with Crippen LogP contribution in [0.5, 0.6) is 0 Å². The summed E-state index contributed by atoms with van der Waals surface area (Å²) in [4.78, 5) is 11.7. The molecule has 0 bridgehead atoms. The highest BCUT2D eigenvalue weighted by molar-refractivity contribution is 9.10. The molecule has 0 heterocycles. The third kappa shape index (κ3) is 4.18. The maximum Gasteiger partial charge on any atom is 0.248 e. The molecule has 2 nitrogen and oxygen atoms in total. The van der Waals surface area contributed by atoms with Gasteiger partial charge in [0, 0.05) is 16.2 Å². The van der Waals surface area contributed by atoms with Crippen LogP contribution < -0.4 is 5.32 Å². The lowest BCUT2D eigenvalue weighted by molar-refractivity contribution is -0.111. The second kappa shape index (κ2) is 6.68. The fourth-order valence-electron chi connectivity index (χ4n) is 1.50. The Morgan fingerprint density at radius 2 is 1.90 bits per heavy atom. The summed E-state index contributed by atoms with van der Waals surface area (Å²) in [5.74, 6) is -0.594. The molecule has 0 spiro atoms. The molecular weight excluding hydrogens is 345 g/mol. The van der Waals surface area contributed by atoms with Crippen LogP contribution in [0.15, 0.2) is 53.0 Å². The van der Waals surface area contributed by atoms with Crippen LogP contribution in [0.3, 0.4) is 0 Å². The normalized spacial score (nSPS) is 10.8. The summed E-state index contributed by atoms with van der Waals surface area (Å²) in [6.45, 7) is 0. The molecule has 2 aromatic rings. The van der Waals surface area contributed by atoms with Crippen molar-refractivity contribution < 1.29 is 9.18 Å². The van der Waals surface area contributed by atoms with E-state index >= 15 is 0 Å². The maximum absolute atomic E-state index is 12.7. The minimum Gasteiger partial charge on any atom is -0.322 e. The van der Waals surface area contributed by atoms with Gasteiger partial charge in [-0.15, -0.1) is 0 Å². The minimum absolute atomic E-state index is 0.285. The van der Waals surface area contributed by atoms with E-state index in [2.05, 4.69) is 21.2 Å². The molecule has 1 amide bonds. The van der Waals surface area contributed by atoms with Gasteiger partial charge in [0.25, 0.3) is 0 Å². The van der Waals surface area contributed by atoms with Crippen LogP contribution in [0.4, 0.5) is 10.1 Å². The van der Waals surface area contributed by atoms with E-state index in [1.54, 1.807) is 36.4 Å². The largest absolute Gasteiger partial charge is 0.322 e. The second-order valence-corrected chi connectivity index (χ2v) is 5.26. The van der Waals surface area contributed by atoms with Crippen molar-refractivity contribution in [1.82, 2.24) is 0 Å². The van der Waals surface area contributed by atoms with Gasteiger partial charge in [0.1, 0.15) is 5.82 Å². The van der Waals surface area contributed by atoms with Gasteiger partial charge in [-0.1, -0.05) is 23.7 Å². The van der Waals surface area contributed by atoms with Crippen molar-refractivity contribution >= 4 is 45.2 Å². The van der Waals surface area contributed by atoms with Crippen molar-refractivity contribution in [3.8, 4) is 0 Å². The van der Waals surface area contributed by atoms with E-state index in [-0.39, 0.29) is 11.7 Å². The van der Waals surface area contributed by atoms with Gasteiger partial charge in [-0.3, -0.25) is 4.79 Å². The zero-order valence-corrected chi connectivity index (χ0v) is 12.6. The third-order valence-electron chi connectivity index (χ3n) is 2.48. The summed E-state index contributed by atoms with van der Waals surface area (Å²) in [5, 5.41) is 3.21. The number of anilines is 1.